The molecule has 0 heterocycles. The van der Waals surface area contributed by atoms with Crippen molar-refractivity contribution in [1.29, 1.82) is 0 Å². The van der Waals surface area contributed by atoms with Crippen LogP contribution in [-0.2, 0) is 35.0 Å². The normalized spacial score (nSPS) is 11.3. The number of hydrogen-bond donors (Lipinski definition) is 0. The van der Waals surface area contributed by atoms with Crippen LogP contribution in [0, 0.1) is 0 Å². The molecule has 0 aliphatic carbocycles. The summed E-state index contributed by atoms with van der Waals surface area (Å²) < 4.78 is 8.18. The third kappa shape index (κ3) is 9.88. The minimum absolute atomic E-state index is 0.166. The van der Waals surface area contributed by atoms with Crippen LogP contribution in [-0.4, -0.2) is 28.3 Å². The van der Waals surface area contributed by atoms with Crippen molar-refractivity contribution < 1.29 is 22.4 Å². The van der Waals surface area contributed by atoms with E-state index in [9.17, 15) is 0 Å². The molecule has 22 heavy (non-hydrogen) atoms. The number of hydrogen-bond acceptors (Lipinski definition) is 3. The zero-order valence-corrected chi connectivity index (χ0v) is 17.4. The Morgan fingerprint density at radius 2 is 1.50 bits per heavy atom. The predicted octanol–water partition coefficient (Wildman–Crippen LogP) is 5.43. The second-order valence-electron chi connectivity index (χ2n) is 6.07. The van der Waals surface area contributed by atoms with Crippen LogP contribution in [0.2, 0.25) is 0 Å². The van der Waals surface area contributed by atoms with Gasteiger partial charge in [-0.3, -0.25) is 0 Å². The number of nitrogens with zero attached hydrogens (tertiary/aromatic N) is 2. The first-order valence-electron chi connectivity index (χ1n) is 7.17. The van der Waals surface area contributed by atoms with Crippen LogP contribution in [0.1, 0.15) is 34.6 Å². The molecule has 0 saturated carbocycles. The van der Waals surface area contributed by atoms with Gasteiger partial charge in [0.1, 0.15) is 0 Å². The van der Waals surface area contributed by atoms with Crippen molar-refractivity contribution in [3.05, 3.63) is 34.9 Å². The molecule has 6 heteroatoms. The summed E-state index contributed by atoms with van der Waals surface area (Å²) in [5.41, 5.74) is 1.92. The van der Waals surface area contributed by atoms with Gasteiger partial charge in [-0.15, -0.1) is 13.1 Å². The maximum absolute atomic E-state index is 8.22. The van der Waals surface area contributed by atoms with Crippen molar-refractivity contribution >= 4 is 35.8 Å². The predicted molar refractivity (Wildman–Crippen MR) is 96.6 cm³/mol. The molecule has 0 radical (unpaired) electrons. The van der Waals surface area contributed by atoms with E-state index in [2.05, 4.69) is 26.1 Å². The van der Waals surface area contributed by atoms with Gasteiger partial charge in [-0.25, -0.2) is 0 Å². The molecular weight excluding hydrogens is 398 g/mol. The topological polar surface area (TPSA) is 45.3 Å². The van der Waals surface area contributed by atoms with Crippen LogP contribution in [0.4, 0.5) is 11.4 Å². The van der Waals surface area contributed by atoms with Crippen molar-refractivity contribution in [2.45, 2.75) is 44.1 Å². The molecule has 0 aliphatic rings. The van der Waals surface area contributed by atoms with Gasteiger partial charge in [-0.05, 0) is 10.5 Å². The molecule has 0 bridgehead atoms. The first-order chi connectivity index (χ1) is 10.2. The molecule has 0 spiro atoms. The molecule has 0 fully saturated rings. The molecule has 0 aliphatic heterocycles. The van der Waals surface area contributed by atoms with E-state index in [1.165, 1.54) is 0 Å². The van der Waals surface area contributed by atoms with E-state index >= 15 is 0 Å². The van der Waals surface area contributed by atoms with E-state index in [-0.39, 0.29) is 9.49 Å². The van der Waals surface area contributed by atoms with Gasteiger partial charge in [0.15, 0.2) is 0 Å². The molecule has 0 atom stereocenters. The molecular formula is C16H25N2OS2Tc. The quantitative estimate of drug-likeness (QED) is 0.524. The summed E-state index contributed by atoms with van der Waals surface area (Å²) in [6.07, 6.45) is 0. The van der Waals surface area contributed by atoms with Gasteiger partial charge in [0.05, 0.1) is 0 Å². The SMILES string of the molecule is CCSC(C)(C)C[N-]c1ccccc1[N-]CC(C)(C)[S-].[O]=[Tc+3]. The van der Waals surface area contributed by atoms with Crippen LogP contribution in [0.5, 0.6) is 0 Å². The number of thioether (sulfide) groups is 1. The fraction of sp³-hybridized carbons (Fsp3) is 0.625. The summed E-state index contributed by atoms with van der Waals surface area (Å²) in [6.45, 7) is 12.1. The Balaban J connectivity index is 0.00000211. The summed E-state index contributed by atoms with van der Waals surface area (Å²) in [7, 11) is 0. The van der Waals surface area contributed by atoms with E-state index in [1.807, 2.05) is 49.9 Å². The Labute approximate surface area is 155 Å². The molecule has 0 N–H and O–H groups in total. The molecule has 1 aromatic carbocycles. The first kappa shape index (κ1) is 22.0. The molecule has 124 valence electrons. The Morgan fingerprint density at radius 1 is 1.05 bits per heavy atom. The van der Waals surface area contributed by atoms with E-state index in [1.54, 1.807) is 0 Å². The Morgan fingerprint density at radius 3 is 1.91 bits per heavy atom. The van der Waals surface area contributed by atoms with Gasteiger partial charge >= 0.3 is 22.4 Å². The summed E-state index contributed by atoms with van der Waals surface area (Å²) >= 11 is 8.19. The van der Waals surface area contributed by atoms with Crippen LogP contribution in [0.3, 0.4) is 0 Å². The zero-order chi connectivity index (χ0) is 17.2. The van der Waals surface area contributed by atoms with Crippen LogP contribution < -0.4 is 0 Å². The Kier molecular flexibility index (Phi) is 10.7. The van der Waals surface area contributed by atoms with Crippen molar-refractivity contribution in [2.75, 3.05) is 18.8 Å². The Hall–Kier alpha value is -0.0306. The Bertz CT molecular complexity index is 436. The summed E-state index contributed by atoms with van der Waals surface area (Å²) in [5, 5.41) is 9.37. The minimum atomic E-state index is -0.204. The number of para-hydroxylation sites is 2. The van der Waals surface area contributed by atoms with Crippen molar-refractivity contribution in [2.24, 2.45) is 0 Å². The van der Waals surface area contributed by atoms with Gasteiger partial charge in [0.2, 0.25) is 0 Å². The molecule has 0 amide bonds. The van der Waals surface area contributed by atoms with Gasteiger partial charge in [0.25, 0.3) is 0 Å². The van der Waals surface area contributed by atoms with E-state index in [0.717, 1.165) is 42.5 Å². The van der Waals surface area contributed by atoms with E-state index < -0.39 is 0 Å². The monoisotopic (exact) mass is 422 g/mol. The zero-order valence-electron chi connectivity index (χ0n) is 13.9. The fourth-order valence-corrected chi connectivity index (χ4v) is 2.72. The first-order valence-corrected chi connectivity index (χ1v) is 9.32. The number of rotatable bonds is 8. The average molecular weight is 424 g/mol. The van der Waals surface area contributed by atoms with Crippen LogP contribution in [0.15, 0.2) is 24.3 Å². The van der Waals surface area contributed by atoms with Gasteiger partial charge in [-0.1, -0.05) is 58.9 Å². The standard InChI is InChI=1S/C16H26N2S2.O.Tc/c1-6-20-16(4,5)12-18-14-10-8-7-9-13(14)17-11-15(2,3)19;;/h7-10,19H,6,11-12H2,1-5H3;;/q-2;;+3/p-1. The van der Waals surface area contributed by atoms with Crippen molar-refractivity contribution in [3.63, 3.8) is 0 Å². The van der Waals surface area contributed by atoms with Gasteiger partial charge < -0.3 is 23.3 Å². The second-order valence-corrected chi connectivity index (χ2v) is 9.15. The molecule has 1 rings (SSSR count). The molecule has 3 nitrogen and oxygen atoms in total. The summed E-state index contributed by atoms with van der Waals surface area (Å²) in [5.74, 6) is 1.11. The number of benzene rings is 1. The maximum atomic E-state index is 8.22. The molecule has 1 aromatic rings. The van der Waals surface area contributed by atoms with E-state index in [4.69, 9.17) is 21.4 Å². The summed E-state index contributed by atoms with van der Waals surface area (Å²) in [4.78, 5) is 0. The average Bonchev–Trinajstić information content (AvgIpc) is 2.45. The third-order valence-electron chi connectivity index (χ3n) is 2.68. The van der Waals surface area contributed by atoms with Gasteiger partial charge in [-0.2, -0.15) is 27.9 Å². The van der Waals surface area contributed by atoms with Crippen LogP contribution >= 0.6 is 11.8 Å². The van der Waals surface area contributed by atoms with Crippen LogP contribution in [0.25, 0.3) is 10.6 Å². The van der Waals surface area contributed by atoms with Crippen molar-refractivity contribution in [3.8, 4) is 0 Å². The van der Waals surface area contributed by atoms with E-state index in [0.29, 0.717) is 6.54 Å². The summed E-state index contributed by atoms with van der Waals surface area (Å²) in [6, 6.07) is 8.05. The molecule has 0 unspecified atom stereocenters. The molecule has 0 aromatic heterocycles. The fourth-order valence-electron chi connectivity index (χ4n) is 1.72. The molecule has 0 saturated heterocycles. The third-order valence-corrected chi connectivity index (χ3v) is 4.01. The van der Waals surface area contributed by atoms with Gasteiger partial charge in [0, 0.05) is 0 Å². The second kappa shape index (κ2) is 10.7. The van der Waals surface area contributed by atoms with Crippen molar-refractivity contribution in [1.82, 2.24) is 0 Å².